The van der Waals surface area contributed by atoms with Crippen LogP contribution in [0, 0.1) is 0 Å². The first-order chi connectivity index (χ1) is 11.7. The third-order valence-corrected chi connectivity index (χ3v) is 5.56. The molecule has 2 aromatic rings. The number of thiophene rings is 1. The molecule has 2 aliphatic heterocycles. The van der Waals surface area contributed by atoms with E-state index in [1.807, 2.05) is 18.2 Å². The first-order valence-electron chi connectivity index (χ1n) is 8.20. The van der Waals surface area contributed by atoms with E-state index in [9.17, 15) is 4.79 Å². The first kappa shape index (κ1) is 18.0. The third-order valence-electron chi connectivity index (χ3n) is 4.59. The second-order valence-electron chi connectivity index (χ2n) is 6.19. The Balaban J connectivity index is 0.00000182. The van der Waals surface area contributed by atoms with Crippen LogP contribution in [0.3, 0.4) is 0 Å². The number of rotatable bonds is 2. The van der Waals surface area contributed by atoms with Crippen LogP contribution in [-0.4, -0.2) is 24.2 Å². The minimum absolute atomic E-state index is 0. The molecule has 2 aliphatic rings. The lowest BCUT2D eigenvalue weighted by molar-refractivity contribution is -0.136. The van der Waals surface area contributed by atoms with Gasteiger partial charge in [0.2, 0.25) is 0 Å². The van der Waals surface area contributed by atoms with E-state index >= 15 is 0 Å². The zero-order chi connectivity index (χ0) is 16.5. The molecule has 0 aliphatic carbocycles. The third kappa shape index (κ3) is 3.59. The molecule has 1 fully saturated rings. The molecule has 4 rings (SSSR count). The summed E-state index contributed by atoms with van der Waals surface area (Å²) in [7, 11) is 0. The summed E-state index contributed by atoms with van der Waals surface area (Å²) in [4.78, 5) is 12.4. The Kier molecular flexibility index (Phi) is 5.47. The van der Waals surface area contributed by atoms with Crippen LogP contribution in [0.25, 0.3) is 5.57 Å². The lowest BCUT2D eigenvalue weighted by atomic mass is 9.90. The van der Waals surface area contributed by atoms with Gasteiger partial charge in [-0.25, -0.2) is 0 Å². The number of aliphatic carboxylic acids is 1. The van der Waals surface area contributed by atoms with Gasteiger partial charge in [0.25, 0.3) is 0 Å². The summed E-state index contributed by atoms with van der Waals surface area (Å²) in [6, 6.07) is 7.91. The average molecular weight is 378 g/mol. The van der Waals surface area contributed by atoms with Gasteiger partial charge in [0.15, 0.2) is 0 Å². The van der Waals surface area contributed by atoms with Crippen molar-refractivity contribution in [3.8, 4) is 5.75 Å². The van der Waals surface area contributed by atoms with Crippen molar-refractivity contribution in [3.63, 3.8) is 0 Å². The van der Waals surface area contributed by atoms with Crippen molar-refractivity contribution in [3.05, 3.63) is 56.8 Å². The van der Waals surface area contributed by atoms with Crippen LogP contribution in [0.5, 0.6) is 5.75 Å². The van der Waals surface area contributed by atoms with Crippen LogP contribution in [0.2, 0.25) is 0 Å². The highest BCUT2D eigenvalue weighted by atomic mass is 35.5. The summed E-state index contributed by atoms with van der Waals surface area (Å²) in [5.41, 5.74) is 5.79. The maximum absolute atomic E-state index is 11.1. The lowest BCUT2D eigenvalue weighted by Crippen LogP contribution is -2.23. The largest absolute Gasteiger partial charge is 0.488 e. The Morgan fingerprint density at radius 3 is 2.80 bits per heavy atom. The van der Waals surface area contributed by atoms with Crippen molar-refractivity contribution >= 4 is 35.3 Å². The van der Waals surface area contributed by atoms with E-state index in [2.05, 4.69) is 16.8 Å². The maximum atomic E-state index is 11.1. The summed E-state index contributed by atoms with van der Waals surface area (Å²) in [6.07, 6.45) is 2.08. The van der Waals surface area contributed by atoms with Gasteiger partial charge in [0, 0.05) is 21.6 Å². The number of carboxylic acid groups (broad SMARTS) is 1. The summed E-state index contributed by atoms with van der Waals surface area (Å²) < 4.78 is 6.02. The highest BCUT2D eigenvalue weighted by Gasteiger charge is 2.24. The van der Waals surface area contributed by atoms with Crippen LogP contribution in [-0.2, 0) is 17.8 Å². The molecular weight excluding hydrogens is 358 g/mol. The van der Waals surface area contributed by atoms with Crippen LogP contribution in [0.4, 0.5) is 0 Å². The maximum Gasteiger partial charge on any atom is 0.307 e. The van der Waals surface area contributed by atoms with Crippen molar-refractivity contribution in [1.29, 1.82) is 0 Å². The Morgan fingerprint density at radius 2 is 2.04 bits per heavy atom. The zero-order valence-corrected chi connectivity index (χ0v) is 15.3. The standard InChI is InChI=1S/C19H19NO3S.ClH/c21-17(22)10-12-1-2-16-15(9-12)18(13-3-6-20-7-4-13)19-14(11-23-16)5-8-24-19;/h1-2,5,8-9,20H,3-4,6-7,10-11H2,(H,21,22);1H. The van der Waals surface area contributed by atoms with Gasteiger partial charge in [0.05, 0.1) is 6.42 Å². The molecule has 0 bridgehead atoms. The van der Waals surface area contributed by atoms with E-state index < -0.39 is 5.97 Å². The Hall–Kier alpha value is -1.82. The number of hydrogen-bond donors (Lipinski definition) is 2. The highest BCUT2D eigenvalue weighted by Crippen LogP contribution is 2.43. The SMILES string of the molecule is Cl.O=C(O)Cc1ccc2c(c1)C(=C1CCNCC1)c1sccc1CO2. The second kappa shape index (κ2) is 7.60. The van der Waals surface area contributed by atoms with E-state index in [0.29, 0.717) is 6.61 Å². The summed E-state index contributed by atoms with van der Waals surface area (Å²) >= 11 is 1.75. The minimum atomic E-state index is -0.808. The van der Waals surface area contributed by atoms with Gasteiger partial charge in [-0.2, -0.15) is 0 Å². The second-order valence-corrected chi connectivity index (χ2v) is 7.11. The number of fused-ring (bicyclic) bond motifs is 2. The molecule has 0 radical (unpaired) electrons. The number of nitrogens with one attached hydrogen (secondary N) is 1. The van der Waals surface area contributed by atoms with Crippen molar-refractivity contribution in [1.82, 2.24) is 5.32 Å². The molecule has 1 aromatic heterocycles. The van der Waals surface area contributed by atoms with E-state index in [0.717, 1.165) is 42.8 Å². The molecule has 2 N–H and O–H groups in total. The number of hydrogen-bond acceptors (Lipinski definition) is 4. The summed E-state index contributed by atoms with van der Waals surface area (Å²) in [5, 5.41) is 14.6. The van der Waals surface area contributed by atoms with Crippen LogP contribution in [0.1, 0.15) is 34.4 Å². The van der Waals surface area contributed by atoms with Crippen LogP contribution in [0.15, 0.2) is 35.2 Å². The van der Waals surface area contributed by atoms with Gasteiger partial charge >= 0.3 is 5.97 Å². The number of piperidine rings is 1. The molecule has 132 valence electrons. The van der Waals surface area contributed by atoms with Gasteiger partial charge in [-0.05, 0) is 55.1 Å². The molecule has 0 atom stereocenters. The zero-order valence-electron chi connectivity index (χ0n) is 13.7. The van der Waals surface area contributed by atoms with Crippen molar-refractivity contribution in [2.24, 2.45) is 0 Å². The number of halogens is 1. The predicted molar refractivity (Wildman–Crippen MR) is 102 cm³/mol. The number of ether oxygens (including phenoxy) is 1. The number of carbonyl (C=O) groups is 1. The molecule has 25 heavy (non-hydrogen) atoms. The van der Waals surface area contributed by atoms with Crippen molar-refractivity contribution in [2.45, 2.75) is 25.9 Å². The molecule has 0 spiro atoms. The molecule has 0 unspecified atom stereocenters. The van der Waals surface area contributed by atoms with E-state index in [-0.39, 0.29) is 18.8 Å². The fraction of sp³-hybridized carbons (Fsp3) is 0.316. The lowest BCUT2D eigenvalue weighted by Gasteiger charge is -2.21. The van der Waals surface area contributed by atoms with Crippen molar-refractivity contribution < 1.29 is 14.6 Å². The molecule has 4 nitrogen and oxygen atoms in total. The van der Waals surface area contributed by atoms with Gasteiger partial charge in [-0.15, -0.1) is 23.7 Å². The molecule has 0 amide bonds. The first-order valence-corrected chi connectivity index (χ1v) is 9.07. The molecular formula is C19H20ClNO3S. The van der Waals surface area contributed by atoms with Gasteiger partial charge in [0.1, 0.15) is 12.4 Å². The molecule has 6 heteroatoms. The summed E-state index contributed by atoms with van der Waals surface area (Å²) in [5.74, 6) is 0.0472. The number of carboxylic acids is 1. The van der Waals surface area contributed by atoms with Crippen LogP contribution >= 0.6 is 23.7 Å². The van der Waals surface area contributed by atoms with Gasteiger partial charge in [-0.3, -0.25) is 4.79 Å². The average Bonchev–Trinajstić information content (AvgIpc) is 2.97. The van der Waals surface area contributed by atoms with Crippen LogP contribution < -0.4 is 10.1 Å². The molecule has 1 saturated heterocycles. The number of benzene rings is 1. The van der Waals surface area contributed by atoms with Gasteiger partial charge in [-0.1, -0.05) is 11.6 Å². The fourth-order valence-electron chi connectivity index (χ4n) is 3.46. The summed E-state index contributed by atoms with van der Waals surface area (Å²) in [6.45, 7) is 2.55. The highest BCUT2D eigenvalue weighted by molar-refractivity contribution is 7.11. The van der Waals surface area contributed by atoms with Gasteiger partial charge < -0.3 is 15.2 Å². The Labute approximate surface area is 156 Å². The normalized spacial score (nSPS) is 16.2. The fourth-order valence-corrected chi connectivity index (χ4v) is 4.48. The van der Waals surface area contributed by atoms with E-state index in [1.165, 1.54) is 21.6 Å². The Bertz CT molecular complexity index is 820. The molecule has 1 aromatic carbocycles. The van der Waals surface area contributed by atoms with Crippen molar-refractivity contribution in [2.75, 3.05) is 13.1 Å². The van der Waals surface area contributed by atoms with E-state index in [1.54, 1.807) is 11.3 Å². The quantitative estimate of drug-likeness (QED) is 0.834. The molecule has 0 saturated carbocycles. The predicted octanol–water partition coefficient (Wildman–Crippen LogP) is 3.87. The monoisotopic (exact) mass is 377 g/mol. The molecule has 3 heterocycles. The topological polar surface area (TPSA) is 58.6 Å². The smallest absolute Gasteiger partial charge is 0.307 e. The minimum Gasteiger partial charge on any atom is -0.488 e. The Morgan fingerprint density at radius 1 is 1.24 bits per heavy atom. The van der Waals surface area contributed by atoms with E-state index in [4.69, 9.17) is 9.84 Å².